The summed E-state index contributed by atoms with van der Waals surface area (Å²) in [5.41, 5.74) is 2.05. The van der Waals surface area contributed by atoms with Crippen molar-refractivity contribution < 1.29 is 4.74 Å². The summed E-state index contributed by atoms with van der Waals surface area (Å²) in [5, 5.41) is 9.52. The minimum Gasteiger partial charge on any atom is -0.492 e. The number of rotatable bonds is 11. The van der Waals surface area contributed by atoms with Crippen molar-refractivity contribution in [1.29, 1.82) is 5.26 Å². The van der Waals surface area contributed by atoms with Crippen molar-refractivity contribution in [1.82, 2.24) is 0 Å². The van der Waals surface area contributed by atoms with Gasteiger partial charge in [0.1, 0.15) is 11.8 Å². The summed E-state index contributed by atoms with van der Waals surface area (Å²) in [6.07, 6.45) is 15.5. The third kappa shape index (κ3) is 6.67. The number of nitriles is 1. The molecule has 0 aliphatic heterocycles. The van der Waals surface area contributed by atoms with E-state index in [1.54, 1.807) is 0 Å². The van der Waals surface area contributed by atoms with Crippen LogP contribution in [-0.4, -0.2) is 6.61 Å². The van der Waals surface area contributed by atoms with Gasteiger partial charge in [-0.25, -0.2) is 0 Å². The van der Waals surface area contributed by atoms with Gasteiger partial charge in [0.15, 0.2) is 0 Å². The number of hydrogen-bond donors (Lipinski definition) is 0. The van der Waals surface area contributed by atoms with E-state index >= 15 is 0 Å². The van der Waals surface area contributed by atoms with E-state index in [9.17, 15) is 5.26 Å². The summed E-state index contributed by atoms with van der Waals surface area (Å²) in [7, 11) is 0. The van der Waals surface area contributed by atoms with Crippen molar-refractivity contribution >= 4 is 0 Å². The monoisotopic (exact) mass is 355 g/mol. The average Bonchev–Trinajstić information content (AvgIpc) is 2.68. The maximum atomic E-state index is 9.52. The Bertz CT molecular complexity index is 552. The minimum atomic E-state index is 0.628. The summed E-state index contributed by atoms with van der Waals surface area (Å²) >= 11 is 0. The Morgan fingerprint density at radius 3 is 2.38 bits per heavy atom. The molecule has 0 amide bonds. The molecular weight excluding hydrogens is 318 g/mol. The summed E-state index contributed by atoms with van der Waals surface area (Å²) < 4.78 is 5.90. The molecule has 1 fully saturated rings. The van der Waals surface area contributed by atoms with Crippen LogP contribution in [0, 0.1) is 17.2 Å². The van der Waals surface area contributed by atoms with Crippen LogP contribution in [0.15, 0.2) is 18.2 Å². The van der Waals surface area contributed by atoms with Gasteiger partial charge in [0, 0.05) is 0 Å². The first-order valence-electron chi connectivity index (χ1n) is 10.9. The van der Waals surface area contributed by atoms with Crippen molar-refractivity contribution in [2.75, 3.05) is 6.61 Å². The highest BCUT2D eigenvalue weighted by atomic mass is 16.5. The Kier molecular flexibility index (Phi) is 9.61. The van der Waals surface area contributed by atoms with Crippen LogP contribution in [0.25, 0.3) is 0 Å². The molecule has 0 heterocycles. The second-order valence-electron chi connectivity index (χ2n) is 7.99. The minimum absolute atomic E-state index is 0.628. The molecule has 0 radical (unpaired) electrons. The quantitative estimate of drug-likeness (QED) is 0.388. The van der Waals surface area contributed by atoms with Crippen molar-refractivity contribution in [3.05, 3.63) is 29.3 Å². The molecule has 144 valence electrons. The number of ether oxygens (including phenoxy) is 1. The lowest BCUT2D eigenvalue weighted by Crippen LogP contribution is -2.13. The average molecular weight is 356 g/mol. The SMILES string of the molecule is CCCCCCCCOc1ccc([C@H]2CC[C@H](CCC)CC2)cc1C#N. The Morgan fingerprint density at radius 2 is 1.69 bits per heavy atom. The standard InChI is InChI=1S/C24H37NO/c1-3-5-6-7-8-9-17-26-24-16-15-22(18-23(24)19-25)21-13-11-20(10-4-2)12-14-21/h15-16,18,20-21H,3-14,17H2,1-2H3/t20-,21-. The molecule has 1 aromatic rings. The molecule has 2 rings (SSSR count). The topological polar surface area (TPSA) is 33.0 Å². The van der Waals surface area contributed by atoms with Crippen LogP contribution >= 0.6 is 0 Å². The largest absolute Gasteiger partial charge is 0.492 e. The molecule has 0 aromatic heterocycles. The lowest BCUT2D eigenvalue weighted by molar-refractivity contribution is 0.301. The van der Waals surface area contributed by atoms with Gasteiger partial charge in [-0.05, 0) is 61.6 Å². The summed E-state index contributed by atoms with van der Waals surface area (Å²) in [5.74, 6) is 2.32. The fraction of sp³-hybridized carbons (Fsp3) is 0.708. The second-order valence-corrected chi connectivity index (χ2v) is 7.99. The fourth-order valence-electron chi connectivity index (χ4n) is 4.27. The maximum absolute atomic E-state index is 9.52. The van der Waals surface area contributed by atoms with E-state index in [1.165, 1.54) is 76.2 Å². The summed E-state index contributed by atoms with van der Waals surface area (Å²) in [6.45, 7) is 5.25. The Hall–Kier alpha value is -1.49. The van der Waals surface area contributed by atoms with Crippen LogP contribution < -0.4 is 4.74 Å². The Labute approximate surface area is 161 Å². The van der Waals surface area contributed by atoms with Crippen molar-refractivity contribution in [2.24, 2.45) is 5.92 Å². The first-order valence-corrected chi connectivity index (χ1v) is 10.9. The van der Waals surface area contributed by atoms with Gasteiger partial charge in [0.25, 0.3) is 0 Å². The van der Waals surface area contributed by atoms with Crippen LogP contribution in [0.1, 0.15) is 108 Å². The molecule has 0 bridgehead atoms. The van der Waals surface area contributed by atoms with E-state index in [1.807, 2.05) is 6.07 Å². The van der Waals surface area contributed by atoms with E-state index < -0.39 is 0 Å². The van der Waals surface area contributed by atoms with E-state index in [0.29, 0.717) is 11.5 Å². The van der Waals surface area contributed by atoms with Crippen molar-refractivity contribution in [3.8, 4) is 11.8 Å². The van der Waals surface area contributed by atoms with E-state index in [4.69, 9.17) is 4.74 Å². The number of hydrogen-bond acceptors (Lipinski definition) is 2. The van der Waals surface area contributed by atoms with Crippen LogP contribution in [-0.2, 0) is 0 Å². The van der Waals surface area contributed by atoms with Gasteiger partial charge in [0.2, 0.25) is 0 Å². The van der Waals surface area contributed by atoms with Gasteiger partial charge in [-0.2, -0.15) is 5.26 Å². The molecule has 0 unspecified atom stereocenters. The maximum Gasteiger partial charge on any atom is 0.137 e. The lowest BCUT2D eigenvalue weighted by atomic mass is 9.77. The van der Waals surface area contributed by atoms with Gasteiger partial charge in [-0.1, -0.05) is 64.9 Å². The smallest absolute Gasteiger partial charge is 0.137 e. The lowest BCUT2D eigenvalue weighted by Gasteiger charge is -2.28. The normalized spacial score (nSPS) is 19.9. The van der Waals surface area contributed by atoms with Crippen LogP contribution in [0.5, 0.6) is 5.75 Å². The van der Waals surface area contributed by atoms with E-state index in [0.717, 1.165) is 24.7 Å². The molecule has 26 heavy (non-hydrogen) atoms. The second kappa shape index (κ2) is 12.0. The molecule has 1 aliphatic rings. The third-order valence-electron chi connectivity index (χ3n) is 5.89. The van der Waals surface area contributed by atoms with Crippen LogP contribution in [0.3, 0.4) is 0 Å². The highest BCUT2D eigenvalue weighted by Crippen LogP contribution is 2.38. The molecule has 1 aliphatic carbocycles. The Balaban J connectivity index is 1.81. The number of benzene rings is 1. The van der Waals surface area contributed by atoms with Gasteiger partial charge in [0.05, 0.1) is 12.2 Å². The zero-order chi connectivity index (χ0) is 18.6. The molecule has 2 heteroatoms. The highest BCUT2D eigenvalue weighted by molar-refractivity contribution is 5.46. The third-order valence-corrected chi connectivity index (χ3v) is 5.89. The summed E-state index contributed by atoms with van der Waals surface area (Å²) in [6, 6.07) is 8.66. The predicted octanol–water partition coefficient (Wildman–Crippen LogP) is 7.37. The molecular formula is C24H37NO. The zero-order valence-electron chi connectivity index (χ0n) is 16.9. The first kappa shape index (κ1) is 20.8. The van der Waals surface area contributed by atoms with Gasteiger partial charge < -0.3 is 4.74 Å². The van der Waals surface area contributed by atoms with Crippen LogP contribution in [0.4, 0.5) is 0 Å². The highest BCUT2D eigenvalue weighted by Gasteiger charge is 2.22. The van der Waals surface area contributed by atoms with Gasteiger partial charge in [-0.15, -0.1) is 0 Å². The fourth-order valence-corrected chi connectivity index (χ4v) is 4.27. The molecule has 1 saturated carbocycles. The van der Waals surface area contributed by atoms with Gasteiger partial charge in [-0.3, -0.25) is 0 Å². The number of nitrogens with zero attached hydrogens (tertiary/aromatic N) is 1. The molecule has 2 nitrogen and oxygen atoms in total. The molecule has 0 N–H and O–H groups in total. The zero-order valence-corrected chi connectivity index (χ0v) is 16.9. The van der Waals surface area contributed by atoms with E-state index in [2.05, 4.69) is 32.0 Å². The molecule has 0 atom stereocenters. The van der Waals surface area contributed by atoms with Crippen molar-refractivity contribution in [3.63, 3.8) is 0 Å². The molecule has 0 saturated heterocycles. The molecule has 1 aromatic carbocycles. The number of unbranched alkanes of at least 4 members (excludes halogenated alkanes) is 5. The van der Waals surface area contributed by atoms with E-state index in [-0.39, 0.29) is 0 Å². The molecule has 0 spiro atoms. The van der Waals surface area contributed by atoms with Gasteiger partial charge >= 0.3 is 0 Å². The van der Waals surface area contributed by atoms with Crippen molar-refractivity contribution in [2.45, 2.75) is 96.8 Å². The Morgan fingerprint density at radius 1 is 0.962 bits per heavy atom. The summed E-state index contributed by atoms with van der Waals surface area (Å²) in [4.78, 5) is 0. The van der Waals surface area contributed by atoms with Crippen LogP contribution in [0.2, 0.25) is 0 Å². The predicted molar refractivity (Wildman–Crippen MR) is 110 cm³/mol. The first-order chi connectivity index (χ1) is 12.8.